The fourth-order valence-corrected chi connectivity index (χ4v) is 1.38. The molecule has 1 aliphatic carbocycles. The van der Waals surface area contributed by atoms with Crippen LogP contribution in [0.3, 0.4) is 0 Å². The molecule has 2 amide bonds. The normalized spacial score (nSPS) is 15.5. The van der Waals surface area contributed by atoms with E-state index in [0.717, 1.165) is 25.7 Å². The van der Waals surface area contributed by atoms with E-state index in [2.05, 4.69) is 5.32 Å². The third kappa shape index (κ3) is 3.73. The van der Waals surface area contributed by atoms with Crippen LogP contribution in [0.5, 0.6) is 0 Å². The molecule has 3 N–H and O–H groups in total. The van der Waals surface area contributed by atoms with Crippen LogP contribution in [-0.4, -0.2) is 18.4 Å². The molecular weight excluding hydrogens is 168 g/mol. The molecule has 4 heteroatoms. The lowest BCUT2D eigenvalue weighted by Gasteiger charge is -1.98. The topological polar surface area (TPSA) is 72.2 Å². The van der Waals surface area contributed by atoms with Gasteiger partial charge in [-0.15, -0.1) is 0 Å². The Labute approximate surface area is 77.2 Å². The van der Waals surface area contributed by atoms with Gasteiger partial charge in [0, 0.05) is 6.08 Å². The Hall–Kier alpha value is -1.32. The van der Waals surface area contributed by atoms with Gasteiger partial charge >= 0.3 is 0 Å². The van der Waals surface area contributed by atoms with Gasteiger partial charge in [-0.1, -0.05) is 5.57 Å². The van der Waals surface area contributed by atoms with Crippen LogP contribution < -0.4 is 11.1 Å². The molecule has 0 saturated heterocycles. The van der Waals surface area contributed by atoms with Crippen LogP contribution in [0.15, 0.2) is 11.6 Å². The molecule has 0 aromatic carbocycles. The molecule has 1 fully saturated rings. The van der Waals surface area contributed by atoms with Crippen molar-refractivity contribution in [2.75, 3.05) is 6.54 Å². The molecule has 0 atom stereocenters. The van der Waals surface area contributed by atoms with Crippen molar-refractivity contribution in [1.82, 2.24) is 5.32 Å². The second kappa shape index (κ2) is 4.64. The first-order chi connectivity index (χ1) is 6.18. The Bertz CT molecular complexity index is 238. The summed E-state index contributed by atoms with van der Waals surface area (Å²) in [7, 11) is 0. The zero-order valence-electron chi connectivity index (χ0n) is 7.51. The van der Waals surface area contributed by atoms with Gasteiger partial charge in [-0.3, -0.25) is 9.59 Å². The van der Waals surface area contributed by atoms with E-state index >= 15 is 0 Å². The minimum absolute atomic E-state index is 0.0807. The van der Waals surface area contributed by atoms with Crippen LogP contribution in [0.4, 0.5) is 0 Å². The van der Waals surface area contributed by atoms with Gasteiger partial charge in [0.1, 0.15) is 0 Å². The molecule has 0 aromatic rings. The number of allylic oxidation sites excluding steroid dienone is 1. The maximum Gasteiger partial charge on any atom is 0.244 e. The van der Waals surface area contributed by atoms with Gasteiger partial charge in [0.25, 0.3) is 0 Å². The van der Waals surface area contributed by atoms with Gasteiger partial charge in [0.15, 0.2) is 0 Å². The van der Waals surface area contributed by atoms with Crippen LogP contribution in [-0.2, 0) is 9.59 Å². The summed E-state index contributed by atoms with van der Waals surface area (Å²) in [5, 5.41) is 2.42. The molecule has 1 saturated carbocycles. The fraction of sp³-hybridized carbons (Fsp3) is 0.556. The van der Waals surface area contributed by atoms with E-state index < -0.39 is 5.91 Å². The number of carbonyl (C=O) groups is 2. The van der Waals surface area contributed by atoms with Crippen LogP contribution >= 0.6 is 0 Å². The molecule has 13 heavy (non-hydrogen) atoms. The molecule has 1 aliphatic rings. The van der Waals surface area contributed by atoms with Crippen molar-refractivity contribution >= 4 is 11.8 Å². The molecule has 0 spiro atoms. The first-order valence-corrected chi connectivity index (χ1v) is 4.44. The highest BCUT2D eigenvalue weighted by molar-refractivity contribution is 5.91. The molecule has 72 valence electrons. The van der Waals surface area contributed by atoms with Gasteiger partial charge in [-0.2, -0.15) is 0 Å². The monoisotopic (exact) mass is 182 g/mol. The Kier molecular flexibility index (Phi) is 3.49. The number of nitrogens with one attached hydrogen (secondary N) is 1. The van der Waals surface area contributed by atoms with Gasteiger partial charge in [0.05, 0.1) is 6.54 Å². The lowest BCUT2D eigenvalue weighted by Crippen LogP contribution is -2.32. The molecule has 0 aromatic heterocycles. The Morgan fingerprint density at radius 1 is 1.38 bits per heavy atom. The SMILES string of the molecule is NC(=O)CNC(=O)C=C1CCCC1. The highest BCUT2D eigenvalue weighted by atomic mass is 16.2. The van der Waals surface area contributed by atoms with Crippen molar-refractivity contribution in [3.05, 3.63) is 11.6 Å². The number of nitrogens with two attached hydrogens (primary N) is 1. The lowest BCUT2D eigenvalue weighted by atomic mass is 10.2. The molecular formula is C9H14N2O2. The predicted octanol–water partition coefficient (Wildman–Crippen LogP) is 0.0883. The van der Waals surface area contributed by atoms with E-state index in [4.69, 9.17) is 5.73 Å². The Balaban J connectivity index is 2.31. The van der Waals surface area contributed by atoms with Crippen LogP contribution in [0.1, 0.15) is 25.7 Å². The molecule has 1 rings (SSSR count). The third-order valence-electron chi connectivity index (χ3n) is 2.02. The second-order valence-electron chi connectivity index (χ2n) is 3.19. The summed E-state index contributed by atoms with van der Waals surface area (Å²) in [6, 6.07) is 0. The average molecular weight is 182 g/mol. The largest absolute Gasteiger partial charge is 0.368 e. The lowest BCUT2D eigenvalue weighted by molar-refractivity contribution is -0.122. The highest BCUT2D eigenvalue weighted by Gasteiger charge is 2.08. The average Bonchev–Trinajstić information content (AvgIpc) is 2.53. The number of hydrogen-bond acceptors (Lipinski definition) is 2. The summed E-state index contributed by atoms with van der Waals surface area (Å²) in [5.74, 6) is -0.728. The smallest absolute Gasteiger partial charge is 0.244 e. The van der Waals surface area contributed by atoms with E-state index in [9.17, 15) is 9.59 Å². The minimum atomic E-state index is -0.516. The van der Waals surface area contributed by atoms with Crippen molar-refractivity contribution in [3.8, 4) is 0 Å². The summed E-state index contributed by atoms with van der Waals surface area (Å²) in [6.07, 6.45) is 5.91. The van der Waals surface area contributed by atoms with Crippen LogP contribution in [0.2, 0.25) is 0 Å². The first-order valence-electron chi connectivity index (χ1n) is 4.44. The number of hydrogen-bond donors (Lipinski definition) is 2. The van der Waals surface area contributed by atoms with E-state index in [1.165, 1.54) is 5.57 Å². The number of rotatable bonds is 3. The maximum absolute atomic E-state index is 11.1. The Morgan fingerprint density at radius 3 is 2.54 bits per heavy atom. The van der Waals surface area contributed by atoms with Crippen molar-refractivity contribution < 1.29 is 9.59 Å². The standard InChI is InChI=1S/C9H14N2O2/c10-8(12)6-11-9(13)5-7-3-1-2-4-7/h5H,1-4,6H2,(H2,10,12)(H,11,13). The minimum Gasteiger partial charge on any atom is -0.368 e. The summed E-state index contributed by atoms with van der Waals surface area (Å²) >= 11 is 0. The number of primary amides is 1. The van der Waals surface area contributed by atoms with Crippen molar-refractivity contribution in [2.24, 2.45) is 5.73 Å². The third-order valence-corrected chi connectivity index (χ3v) is 2.02. The highest BCUT2D eigenvalue weighted by Crippen LogP contribution is 2.23. The fourth-order valence-electron chi connectivity index (χ4n) is 1.38. The molecule has 0 unspecified atom stereocenters. The molecule has 0 bridgehead atoms. The van der Waals surface area contributed by atoms with E-state index in [1.807, 2.05) is 0 Å². The molecule has 0 heterocycles. The second-order valence-corrected chi connectivity index (χ2v) is 3.19. The zero-order valence-corrected chi connectivity index (χ0v) is 7.51. The Morgan fingerprint density at radius 2 is 2.00 bits per heavy atom. The van der Waals surface area contributed by atoms with E-state index in [-0.39, 0.29) is 12.5 Å². The van der Waals surface area contributed by atoms with Crippen molar-refractivity contribution in [3.63, 3.8) is 0 Å². The molecule has 4 nitrogen and oxygen atoms in total. The van der Waals surface area contributed by atoms with Crippen molar-refractivity contribution in [1.29, 1.82) is 0 Å². The summed E-state index contributed by atoms with van der Waals surface area (Å²) in [5.41, 5.74) is 6.04. The summed E-state index contributed by atoms with van der Waals surface area (Å²) < 4.78 is 0. The molecule has 0 radical (unpaired) electrons. The van der Waals surface area contributed by atoms with E-state index in [0.29, 0.717) is 0 Å². The summed E-state index contributed by atoms with van der Waals surface area (Å²) in [4.78, 5) is 21.4. The zero-order chi connectivity index (χ0) is 9.68. The van der Waals surface area contributed by atoms with Crippen LogP contribution in [0.25, 0.3) is 0 Å². The first kappa shape index (κ1) is 9.77. The van der Waals surface area contributed by atoms with E-state index in [1.54, 1.807) is 6.08 Å². The van der Waals surface area contributed by atoms with Gasteiger partial charge in [-0.25, -0.2) is 0 Å². The molecule has 0 aliphatic heterocycles. The van der Waals surface area contributed by atoms with Gasteiger partial charge in [-0.05, 0) is 25.7 Å². The quantitative estimate of drug-likeness (QED) is 0.607. The number of carbonyl (C=O) groups excluding carboxylic acids is 2. The van der Waals surface area contributed by atoms with Crippen LogP contribution in [0, 0.1) is 0 Å². The van der Waals surface area contributed by atoms with Gasteiger partial charge < -0.3 is 11.1 Å². The maximum atomic E-state index is 11.1. The van der Waals surface area contributed by atoms with Crippen molar-refractivity contribution in [2.45, 2.75) is 25.7 Å². The predicted molar refractivity (Wildman–Crippen MR) is 48.8 cm³/mol. The van der Waals surface area contributed by atoms with Gasteiger partial charge in [0.2, 0.25) is 11.8 Å². The number of amides is 2. The summed E-state index contributed by atoms with van der Waals surface area (Å²) in [6.45, 7) is -0.0807.